The fourth-order valence-corrected chi connectivity index (χ4v) is 4.75. The number of nitrogens with zero attached hydrogens (tertiary/aromatic N) is 1. The molecule has 0 fully saturated rings. The van der Waals surface area contributed by atoms with Gasteiger partial charge in [-0.1, -0.05) is 52.1 Å². The van der Waals surface area contributed by atoms with Crippen LogP contribution in [0.1, 0.15) is 21.7 Å². The fraction of sp³-hybridized carbons (Fsp3) is 0.143. The van der Waals surface area contributed by atoms with E-state index in [-0.39, 0.29) is 37.1 Å². The Hall–Kier alpha value is -2.99. The van der Waals surface area contributed by atoms with E-state index in [4.69, 9.17) is 39.9 Å². The number of halogens is 2. The van der Waals surface area contributed by atoms with Crippen molar-refractivity contribution in [1.29, 1.82) is 0 Å². The smallest absolute Gasteiger partial charge is 0.263 e. The molecule has 0 atom stereocenters. The van der Waals surface area contributed by atoms with E-state index < -0.39 is 27.4 Å². The lowest BCUT2D eigenvalue weighted by Crippen LogP contribution is -2.49. The fourth-order valence-electron chi connectivity index (χ4n) is 2.90. The maximum absolute atomic E-state index is 12.8. The zero-order valence-electron chi connectivity index (χ0n) is 17.8. The zero-order valence-corrected chi connectivity index (χ0v) is 21.0. The SMILES string of the molecule is Cc1ccc(S(=O)(=O)CC(=O)NNC(=S)NC(=O)c2c(-c3c(Cl)cccc3Cl)noc2C)cc1. The Kier molecular flexibility index (Phi) is 7.93. The summed E-state index contributed by atoms with van der Waals surface area (Å²) >= 11 is 17.4. The number of hydrogen-bond donors (Lipinski definition) is 3. The summed E-state index contributed by atoms with van der Waals surface area (Å²) in [5, 5.41) is 6.47. The molecule has 0 spiro atoms. The molecule has 0 saturated carbocycles. The van der Waals surface area contributed by atoms with E-state index in [0.717, 1.165) is 5.56 Å². The lowest BCUT2D eigenvalue weighted by atomic mass is 10.1. The van der Waals surface area contributed by atoms with E-state index in [9.17, 15) is 18.0 Å². The minimum atomic E-state index is -3.86. The molecule has 3 N–H and O–H groups in total. The third kappa shape index (κ3) is 5.92. The van der Waals surface area contributed by atoms with E-state index in [1.54, 1.807) is 30.3 Å². The molecule has 3 rings (SSSR count). The Morgan fingerprint density at radius 1 is 1.03 bits per heavy atom. The standard InChI is InChI=1S/C21H18Cl2N4O5S2/c1-11-6-8-13(9-7-11)34(30,31)10-16(28)25-26-21(33)24-20(29)17-12(2)32-27-19(17)18-14(22)4-3-5-15(18)23/h3-9H,10H2,1-2H3,(H,25,28)(H2,24,26,29,33). The maximum atomic E-state index is 12.8. The van der Waals surface area contributed by atoms with Crippen molar-refractivity contribution in [2.75, 3.05) is 5.75 Å². The molecule has 1 heterocycles. The summed E-state index contributed by atoms with van der Waals surface area (Å²) < 4.78 is 29.9. The van der Waals surface area contributed by atoms with Gasteiger partial charge in [0.1, 0.15) is 22.8 Å². The van der Waals surface area contributed by atoms with Crippen molar-refractivity contribution in [2.24, 2.45) is 0 Å². The van der Waals surface area contributed by atoms with E-state index in [2.05, 4.69) is 21.3 Å². The molecular formula is C21H18Cl2N4O5S2. The van der Waals surface area contributed by atoms with Gasteiger partial charge in [-0.25, -0.2) is 8.42 Å². The first-order valence-corrected chi connectivity index (χ1v) is 12.4. The predicted octanol–water partition coefficient (Wildman–Crippen LogP) is 3.37. The molecule has 13 heteroatoms. The highest BCUT2D eigenvalue weighted by Gasteiger charge is 2.26. The number of aryl methyl sites for hydroxylation is 2. The van der Waals surface area contributed by atoms with Crippen LogP contribution >= 0.6 is 35.4 Å². The number of carbonyl (C=O) groups is 2. The van der Waals surface area contributed by atoms with Crippen LogP contribution in [0.25, 0.3) is 11.3 Å². The second kappa shape index (κ2) is 10.5. The molecule has 178 valence electrons. The lowest BCUT2D eigenvalue weighted by Gasteiger charge is -2.12. The van der Waals surface area contributed by atoms with Crippen molar-refractivity contribution in [1.82, 2.24) is 21.3 Å². The summed E-state index contributed by atoms with van der Waals surface area (Å²) in [7, 11) is -3.86. The van der Waals surface area contributed by atoms with Crippen LogP contribution in [0, 0.1) is 13.8 Å². The number of hydrazine groups is 1. The van der Waals surface area contributed by atoms with Gasteiger partial charge < -0.3 is 4.52 Å². The zero-order chi connectivity index (χ0) is 25.0. The molecule has 0 unspecified atom stereocenters. The van der Waals surface area contributed by atoms with Gasteiger partial charge in [0.15, 0.2) is 14.9 Å². The topological polar surface area (TPSA) is 130 Å². The monoisotopic (exact) mass is 540 g/mol. The molecule has 0 aliphatic rings. The maximum Gasteiger partial charge on any atom is 0.263 e. The van der Waals surface area contributed by atoms with Gasteiger partial charge in [0, 0.05) is 5.56 Å². The van der Waals surface area contributed by atoms with Crippen LogP contribution in [-0.4, -0.2) is 36.3 Å². The van der Waals surface area contributed by atoms with E-state index in [0.29, 0.717) is 5.56 Å². The van der Waals surface area contributed by atoms with Gasteiger partial charge in [0.2, 0.25) is 0 Å². The van der Waals surface area contributed by atoms with Gasteiger partial charge in [-0.3, -0.25) is 25.8 Å². The van der Waals surface area contributed by atoms with Crippen molar-refractivity contribution < 1.29 is 22.5 Å². The Morgan fingerprint density at radius 3 is 2.26 bits per heavy atom. The molecular weight excluding hydrogens is 523 g/mol. The molecule has 1 aromatic heterocycles. The van der Waals surface area contributed by atoms with Gasteiger partial charge in [-0.05, 0) is 50.3 Å². The number of rotatable bonds is 5. The van der Waals surface area contributed by atoms with Crippen LogP contribution in [-0.2, 0) is 14.6 Å². The third-order valence-electron chi connectivity index (χ3n) is 4.53. The molecule has 34 heavy (non-hydrogen) atoms. The minimum absolute atomic E-state index is 0.0119. The summed E-state index contributed by atoms with van der Waals surface area (Å²) in [4.78, 5) is 24.9. The van der Waals surface area contributed by atoms with Crippen molar-refractivity contribution in [3.63, 3.8) is 0 Å². The van der Waals surface area contributed by atoms with Crippen LogP contribution in [0.2, 0.25) is 10.0 Å². The summed E-state index contributed by atoms with van der Waals surface area (Å²) in [5.41, 5.74) is 5.77. The number of aromatic nitrogens is 1. The van der Waals surface area contributed by atoms with Crippen molar-refractivity contribution in [3.8, 4) is 11.3 Å². The molecule has 0 saturated heterocycles. The number of carbonyl (C=O) groups excluding carboxylic acids is 2. The molecule has 3 aromatic rings. The third-order valence-corrected chi connectivity index (χ3v) is 7.00. The summed E-state index contributed by atoms with van der Waals surface area (Å²) in [5.74, 6) is -2.22. The van der Waals surface area contributed by atoms with E-state index in [1.165, 1.54) is 19.1 Å². The van der Waals surface area contributed by atoms with Crippen LogP contribution in [0.5, 0.6) is 0 Å². The molecule has 0 radical (unpaired) electrons. The Bertz CT molecular complexity index is 1350. The largest absolute Gasteiger partial charge is 0.360 e. The number of thiocarbonyl (C=S) groups is 1. The number of nitrogens with one attached hydrogen (secondary N) is 3. The minimum Gasteiger partial charge on any atom is -0.360 e. The van der Waals surface area contributed by atoms with Gasteiger partial charge in [0.25, 0.3) is 11.8 Å². The highest BCUT2D eigenvalue weighted by Crippen LogP contribution is 2.36. The first kappa shape index (κ1) is 25.6. The second-order valence-corrected chi connectivity index (χ2v) is 10.3. The van der Waals surface area contributed by atoms with Crippen LogP contribution in [0.3, 0.4) is 0 Å². The normalized spacial score (nSPS) is 11.1. The van der Waals surface area contributed by atoms with Crippen molar-refractivity contribution >= 4 is 62.2 Å². The predicted molar refractivity (Wildman–Crippen MR) is 131 cm³/mol. The summed E-state index contributed by atoms with van der Waals surface area (Å²) in [6.07, 6.45) is 0. The van der Waals surface area contributed by atoms with Crippen LogP contribution in [0.15, 0.2) is 51.9 Å². The van der Waals surface area contributed by atoms with Gasteiger partial charge in [-0.15, -0.1) is 0 Å². The Balaban J connectivity index is 1.64. The van der Waals surface area contributed by atoms with Gasteiger partial charge in [-0.2, -0.15) is 0 Å². The highest BCUT2D eigenvalue weighted by atomic mass is 35.5. The van der Waals surface area contributed by atoms with Crippen molar-refractivity contribution in [2.45, 2.75) is 18.7 Å². The molecule has 2 amide bonds. The first-order valence-electron chi connectivity index (χ1n) is 9.60. The summed E-state index contributed by atoms with van der Waals surface area (Å²) in [6.45, 7) is 3.33. The van der Waals surface area contributed by atoms with Gasteiger partial charge >= 0.3 is 0 Å². The van der Waals surface area contributed by atoms with E-state index in [1.807, 2.05) is 6.92 Å². The number of amides is 2. The van der Waals surface area contributed by atoms with Crippen LogP contribution < -0.4 is 16.2 Å². The first-order chi connectivity index (χ1) is 16.0. The van der Waals surface area contributed by atoms with Gasteiger partial charge in [0.05, 0.1) is 14.9 Å². The molecule has 0 bridgehead atoms. The van der Waals surface area contributed by atoms with E-state index >= 15 is 0 Å². The van der Waals surface area contributed by atoms with Crippen molar-refractivity contribution in [3.05, 3.63) is 69.4 Å². The Morgan fingerprint density at radius 2 is 1.65 bits per heavy atom. The number of sulfone groups is 1. The molecule has 0 aliphatic heterocycles. The molecule has 9 nitrogen and oxygen atoms in total. The second-order valence-electron chi connectivity index (χ2n) is 7.09. The number of benzene rings is 2. The Labute approximate surface area is 210 Å². The average Bonchev–Trinajstić information content (AvgIpc) is 3.13. The van der Waals surface area contributed by atoms with Crippen LogP contribution in [0.4, 0.5) is 0 Å². The molecule has 2 aromatic carbocycles. The highest BCUT2D eigenvalue weighted by molar-refractivity contribution is 7.92. The quantitative estimate of drug-likeness (QED) is 0.331. The molecule has 0 aliphatic carbocycles. The number of hydrogen-bond acceptors (Lipinski definition) is 7. The lowest BCUT2D eigenvalue weighted by molar-refractivity contribution is -0.119. The average molecular weight is 541 g/mol. The summed E-state index contributed by atoms with van der Waals surface area (Å²) in [6, 6.07) is 10.9.